The van der Waals surface area contributed by atoms with Gasteiger partial charge in [0, 0.05) is 18.1 Å². The highest BCUT2D eigenvalue weighted by Crippen LogP contribution is 2.20. The van der Waals surface area contributed by atoms with Gasteiger partial charge < -0.3 is 9.30 Å². The summed E-state index contributed by atoms with van der Waals surface area (Å²) >= 11 is 1.67. The predicted octanol–water partition coefficient (Wildman–Crippen LogP) is 4.14. The molecule has 5 heteroatoms. The van der Waals surface area contributed by atoms with Crippen LogP contribution in [0.2, 0.25) is 0 Å². The first-order chi connectivity index (χ1) is 11.8. The third-order valence-electron chi connectivity index (χ3n) is 4.01. The zero-order chi connectivity index (χ0) is 16.4. The summed E-state index contributed by atoms with van der Waals surface area (Å²) in [5.41, 5.74) is 2.44. The van der Waals surface area contributed by atoms with Gasteiger partial charge in [0.05, 0.1) is 13.7 Å². The number of hydrogen-bond donors (Lipinski definition) is 0. The van der Waals surface area contributed by atoms with Crippen molar-refractivity contribution in [2.75, 3.05) is 7.11 Å². The van der Waals surface area contributed by atoms with Gasteiger partial charge in [0.2, 0.25) is 0 Å². The van der Waals surface area contributed by atoms with Crippen molar-refractivity contribution in [1.29, 1.82) is 0 Å². The van der Waals surface area contributed by atoms with E-state index in [2.05, 4.69) is 63.4 Å². The van der Waals surface area contributed by atoms with Crippen LogP contribution in [0.5, 0.6) is 5.75 Å². The quantitative estimate of drug-likeness (QED) is 0.550. The number of rotatable bonds is 5. The van der Waals surface area contributed by atoms with Crippen molar-refractivity contribution in [1.82, 2.24) is 14.8 Å². The van der Waals surface area contributed by atoms with Crippen LogP contribution in [0.3, 0.4) is 0 Å². The molecule has 0 aliphatic rings. The van der Waals surface area contributed by atoms with E-state index in [0.717, 1.165) is 28.7 Å². The lowest BCUT2D eigenvalue weighted by Gasteiger charge is -2.02. The molecule has 0 atom stereocenters. The molecule has 0 fully saturated rings. The molecule has 0 spiro atoms. The Bertz CT molecular complexity index is 956. The van der Waals surface area contributed by atoms with Crippen molar-refractivity contribution in [3.8, 4) is 5.75 Å². The summed E-state index contributed by atoms with van der Waals surface area (Å²) in [5, 5.41) is 12.0. The van der Waals surface area contributed by atoms with Crippen molar-refractivity contribution >= 4 is 22.2 Å². The molecule has 0 saturated heterocycles. The van der Waals surface area contributed by atoms with Crippen molar-refractivity contribution in [3.05, 3.63) is 76.4 Å². The van der Waals surface area contributed by atoms with Crippen LogP contribution in [0.1, 0.15) is 15.6 Å². The smallest absolute Gasteiger partial charge is 0.137 e. The minimum absolute atomic E-state index is 0.758. The third kappa shape index (κ3) is 3.03. The number of hydrogen-bond acceptors (Lipinski definition) is 4. The zero-order valence-electron chi connectivity index (χ0n) is 13.3. The topological polar surface area (TPSA) is 39.9 Å². The van der Waals surface area contributed by atoms with Crippen LogP contribution in [0.25, 0.3) is 10.9 Å². The van der Waals surface area contributed by atoms with Gasteiger partial charge in [0.1, 0.15) is 15.8 Å². The highest BCUT2D eigenvalue weighted by atomic mass is 32.1. The lowest BCUT2D eigenvalue weighted by atomic mass is 10.1. The minimum atomic E-state index is 0.758. The van der Waals surface area contributed by atoms with Gasteiger partial charge in [-0.1, -0.05) is 41.7 Å². The van der Waals surface area contributed by atoms with E-state index in [1.54, 1.807) is 18.4 Å². The zero-order valence-corrected chi connectivity index (χ0v) is 14.2. The molecule has 4 rings (SSSR count). The minimum Gasteiger partial charge on any atom is -0.497 e. The SMILES string of the molecule is COc1ccc(Cc2nnc(Cn3ccc4ccccc43)s2)cc1. The van der Waals surface area contributed by atoms with Gasteiger partial charge in [-0.2, -0.15) is 0 Å². The van der Waals surface area contributed by atoms with Gasteiger partial charge in [-0.05, 0) is 35.2 Å². The first-order valence-electron chi connectivity index (χ1n) is 7.80. The summed E-state index contributed by atoms with van der Waals surface area (Å²) in [5.74, 6) is 0.871. The fourth-order valence-corrected chi connectivity index (χ4v) is 3.64. The Morgan fingerprint density at radius 3 is 2.58 bits per heavy atom. The maximum absolute atomic E-state index is 5.19. The second-order valence-corrected chi connectivity index (χ2v) is 6.76. The fourth-order valence-electron chi connectivity index (χ4n) is 2.77. The van der Waals surface area contributed by atoms with Crippen LogP contribution in [-0.2, 0) is 13.0 Å². The van der Waals surface area contributed by atoms with Crippen molar-refractivity contribution in [2.45, 2.75) is 13.0 Å². The molecule has 0 saturated carbocycles. The van der Waals surface area contributed by atoms with Crippen LogP contribution in [-0.4, -0.2) is 21.9 Å². The maximum Gasteiger partial charge on any atom is 0.137 e. The maximum atomic E-state index is 5.19. The molecule has 0 aliphatic heterocycles. The largest absolute Gasteiger partial charge is 0.497 e. The number of benzene rings is 2. The monoisotopic (exact) mass is 335 g/mol. The molecule has 2 aromatic heterocycles. The molecule has 2 heterocycles. The van der Waals surface area contributed by atoms with E-state index in [4.69, 9.17) is 4.74 Å². The molecule has 4 aromatic rings. The number of methoxy groups -OCH3 is 1. The van der Waals surface area contributed by atoms with Crippen LogP contribution in [0.15, 0.2) is 60.8 Å². The van der Waals surface area contributed by atoms with E-state index in [9.17, 15) is 0 Å². The van der Waals surface area contributed by atoms with E-state index >= 15 is 0 Å². The Morgan fingerprint density at radius 1 is 0.958 bits per heavy atom. The molecular formula is C19H17N3OS. The lowest BCUT2D eigenvalue weighted by Crippen LogP contribution is -1.96. The van der Waals surface area contributed by atoms with E-state index in [-0.39, 0.29) is 0 Å². The molecule has 0 bridgehead atoms. The molecular weight excluding hydrogens is 318 g/mol. The Labute approximate surface area is 144 Å². The highest BCUT2D eigenvalue weighted by Gasteiger charge is 2.08. The van der Waals surface area contributed by atoms with Gasteiger partial charge >= 0.3 is 0 Å². The van der Waals surface area contributed by atoms with Crippen molar-refractivity contribution in [2.24, 2.45) is 0 Å². The first kappa shape index (κ1) is 14.9. The molecule has 0 radical (unpaired) electrons. The summed E-state index contributed by atoms with van der Waals surface area (Å²) in [6, 6.07) is 18.6. The van der Waals surface area contributed by atoms with Crippen LogP contribution < -0.4 is 4.74 Å². The predicted molar refractivity (Wildman–Crippen MR) is 96.7 cm³/mol. The van der Waals surface area contributed by atoms with Crippen molar-refractivity contribution < 1.29 is 4.74 Å². The first-order valence-corrected chi connectivity index (χ1v) is 8.61. The standard InChI is InChI=1S/C19H17N3OS/c1-23-16-8-6-14(7-9-16)12-18-20-21-19(24-18)13-22-11-10-15-4-2-3-5-17(15)22/h2-11H,12-13H2,1H3. The molecule has 2 aromatic carbocycles. The lowest BCUT2D eigenvalue weighted by molar-refractivity contribution is 0.414. The Morgan fingerprint density at radius 2 is 1.75 bits per heavy atom. The van der Waals surface area contributed by atoms with E-state index in [0.29, 0.717) is 0 Å². The normalized spacial score (nSPS) is 11.0. The van der Waals surface area contributed by atoms with Crippen LogP contribution in [0, 0.1) is 0 Å². The van der Waals surface area contributed by atoms with Gasteiger partial charge in [-0.15, -0.1) is 10.2 Å². The molecule has 0 unspecified atom stereocenters. The van der Waals surface area contributed by atoms with Gasteiger partial charge in [0.25, 0.3) is 0 Å². The number of fused-ring (bicyclic) bond motifs is 1. The molecule has 0 aliphatic carbocycles. The summed E-state index contributed by atoms with van der Waals surface area (Å²) in [4.78, 5) is 0. The molecule has 0 N–H and O–H groups in total. The fraction of sp³-hybridized carbons (Fsp3) is 0.158. The molecule has 120 valence electrons. The van der Waals surface area contributed by atoms with Gasteiger partial charge in [0.15, 0.2) is 0 Å². The number of ether oxygens (including phenoxy) is 1. The second kappa shape index (κ2) is 6.45. The molecule has 4 nitrogen and oxygen atoms in total. The third-order valence-corrected chi connectivity index (χ3v) is 4.92. The number of nitrogens with zero attached hydrogens (tertiary/aromatic N) is 3. The van der Waals surface area contributed by atoms with Gasteiger partial charge in [-0.3, -0.25) is 0 Å². The van der Waals surface area contributed by atoms with E-state index in [1.807, 2.05) is 12.1 Å². The summed E-state index contributed by atoms with van der Waals surface area (Å²) in [7, 11) is 1.68. The summed E-state index contributed by atoms with van der Waals surface area (Å²) in [6.45, 7) is 0.758. The van der Waals surface area contributed by atoms with E-state index in [1.165, 1.54) is 16.5 Å². The van der Waals surface area contributed by atoms with Crippen LogP contribution in [0.4, 0.5) is 0 Å². The Hall–Kier alpha value is -2.66. The second-order valence-electron chi connectivity index (χ2n) is 5.62. The Kier molecular flexibility index (Phi) is 4.01. The van der Waals surface area contributed by atoms with E-state index < -0.39 is 0 Å². The average molecular weight is 335 g/mol. The molecule has 0 amide bonds. The van der Waals surface area contributed by atoms with Gasteiger partial charge in [-0.25, -0.2) is 0 Å². The molecule has 24 heavy (non-hydrogen) atoms. The van der Waals surface area contributed by atoms with Crippen molar-refractivity contribution in [3.63, 3.8) is 0 Å². The summed E-state index contributed by atoms with van der Waals surface area (Å²) in [6.07, 6.45) is 2.91. The highest BCUT2D eigenvalue weighted by molar-refractivity contribution is 7.11. The average Bonchev–Trinajstić information content (AvgIpc) is 3.23. The Balaban J connectivity index is 1.50. The summed E-state index contributed by atoms with van der Waals surface area (Å²) < 4.78 is 7.40. The van der Waals surface area contributed by atoms with Crippen LogP contribution >= 0.6 is 11.3 Å². The number of para-hydroxylation sites is 1. The number of aromatic nitrogens is 3.